The SMILES string of the molecule is CCC1=C(C(C)=O)CC(C(C)=O)=C1O. The minimum Gasteiger partial charge on any atom is -0.507 e. The van der Waals surface area contributed by atoms with Gasteiger partial charge in [0, 0.05) is 23.1 Å². The molecule has 1 aliphatic rings. The highest BCUT2D eigenvalue weighted by molar-refractivity contribution is 6.03. The van der Waals surface area contributed by atoms with Crippen molar-refractivity contribution in [1.29, 1.82) is 0 Å². The second-order valence-electron chi connectivity index (χ2n) is 3.43. The molecule has 0 aromatic rings. The summed E-state index contributed by atoms with van der Waals surface area (Å²) >= 11 is 0. The molecular weight excluding hydrogens is 180 g/mol. The quantitative estimate of drug-likeness (QED) is 0.748. The minimum absolute atomic E-state index is 0.0187. The number of hydrogen-bond acceptors (Lipinski definition) is 3. The Morgan fingerprint density at radius 2 is 1.71 bits per heavy atom. The molecule has 3 heteroatoms. The summed E-state index contributed by atoms with van der Waals surface area (Å²) in [6.07, 6.45) is 0.872. The molecule has 0 aromatic carbocycles. The maximum atomic E-state index is 11.2. The maximum absolute atomic E-state index is 11.2. The average molecular weight is 194 g/mol. The Morgan fingerprint density at radius 3 is 2.00 bits per heavy atom. The van der Waals surface area contributed by atoms with Crippen molar-refractivity contribution in [3.05, 3.63) is 22.5 Å². The van der Waals surface area contributed by atoms with E-state index in [9.17, 15) is 14.7 Å². The van der Waals surface area contributed by atoms with Gasteiger partial charge in [-0.05, 0) is 20.3 Å². The van der Waals surface area contributed by atoms with Gasteiger partial charge in [0.05, 0.1) is 0 Å². The molecule has 0 amide bonds. The van der Waals surface area contributed by atoms with E-state index in [0.29, 0.717) is 29.6 Å². The molecule has 0 saturated carbocycles. The topological polar surface area (TPSA) is 54.4 Å². The average Bonchev–Trinajstić information content (AvgIpc) is 2.42. The van der Waals surface area contributed by atoms with Crippen LogP contribution in [0.15, 0.2) is 22.5 Å². The third-order valence-corrected chi connectivity index (χ3v) is 2.49. The molecule has 14 heavy (non-hydrogen) atoms. The summed E-state index contributed by atoms with van der Waals surface area (Å²) in [5.74, 6) is -0.209. The molecule has 3 nitrogen and oxygen atoms in total. The van der Waals surface area contributed by atoms with Gasteiger partial charge >= 0.3 is 0 Å². The van der Waals surface area contributed by atoms with Crippen molar-refractivity contribution >= 4 is 11.6 Å². The van der Waals surface area contributed by atoms with E-state index in [4.69, 9.17) is 0 Å². The van der Waals surface area contributed by atoms with Crippen molar-refractivity contribution < 1.29 is 14.7 Å². The van der Waals surface area contributed by atoms with Crippen LogP contribution in [0.25, 0.3) is 0 Å². The highest BCUT2D eigenvalue weighted by Crippen LogP contribution is 2.33. The Hall–Kier alpha value is -1.38. The molecule has 76 valence electrons. The van der Waals surface area contributed by atoms with Gasteiger partial charge < -0.3 is 5.11 Å². The first-order valence-electron chi connectivity index (χ1n) is 4.65. The van der Waals surface area contributed by atoms with Crippen molar-refractivity contribution in [3.8, 4) is 0 Å². The molecule has 0 aliphatic heterocycles. The fourth-order valence-corrected chi connectivity index (χ4v) is 1.70. The van der Waals surface area contributed by atoms with Crippen molar-refractivity contribution in [3.63, 3.8) is 0 Å². The van der Waals surface area contributed by atoms with Gasteiger partial charge in [0.25, 0.3) is 0 Å². The first kappa shape index (κ1) is 10.7. The molecule has 1 rings (SSSR count). The first-order valence-corrected chi connectivity index (χ1v) is 4.65. The zero-order valence-corrected chi connectivity index (χ0v) is 8.68. The van der Waals surface area contributed by atoms with Crippen LogP contribution < -0.4 is 0 Å². The van der Waals surface area contributed by atoms with Crippen LogP contribution in [0.2, 0.25) is 0 Å². The lowest BCUT2D eigenvalue weighted by molar-refractivity contribution is -0.113. The van der Waals surface area contributed by atoms with E-state index >= 15 is 0 Å². The number of carbonyl (C=O) groups is 2. The molecule has 0 atom stereocenters. The Kier molecular flexibility index (Phi) is 2.89. The molecule has 0 radical (unpaired) electrons. The number of aliphatic hydroxyl groups is 1. The summed E-state index contributed by atoms with van der Waals surface area (Å²) in [4.78, 5) is 22.4. The van der Waals surface area contributed by atoms with Crippen LogP contribution in [-0.2, 0) is 9.59 Å². The molecule has 0 heterocycles. The standard InChI is InChI=1S/C11H14O3/c1-4-8-9(6(2)12)5-10(7(3)13)11(8)14/h14H,4-5H2,1-3H3. The highest BCUT2D eigenvalue weighted by Gasteiger charge is 2.27. The Labute approximate surface area is 83.1 Å². The third kappa shape index (κ3) is 1.62. The zero-order valence-electron chi connectivity index (χ0n) is 8.68. The van der Waals surface area contributed by atoms with Gasteiger partial charge in [-0.15, -0.1) is 0 Å². The van der Waals surface area contributed by atoms with Gasteiger partial charge in [-0.3, -0.25) is 9.59 Å². The number of Topliss-reactive ketones (excluding diaryl/α,β-unsaturated/α-hetero) is 2. The molecule has 1 aliphatic carbocycles. The molecule has 1 N–H and O–H groups in total. The predicted octanol–water partition coefficient (Wildman–Crippen LogP) is 2.09. The van der Waals surface area contributed by atoms with Gasteiger partial charge in [0.2, 0.25) is 0 Å². The lowest BCUT2D eigenvalue weighted by Crippen LogP contribution is -1.99. The summed E-state index contributed by atoms with van der Waals surface area (Å²) < 4.78 is 0. The number of rotatable bonds is 3. The van der Waals surface area contributed by atoms with Gasteiger partial charge in [0.15, 0.2) is 11.6 Å². The van der Waals surface area contributed by atoms with Crippen LogP contribution >= 0.6 is 0 Å². The fraction of sp³-hybridized carbons (Fsp3) is 0.455. The summed E-state index contributed by atoms with van der Waals surface area (Å²) in [6.45, 7) is 4.72. The number of aliphatic hydroxyl groups excluding tert-OH is 1. The second-order valence-corrected chi connectivity index (χ2v) is 3.43. The summed E-state index contributed by atoms with van der Waals surface area (Å²) in [7, 11) is 0. The fourth-order valence-electron chi connectivity index (χ4n) is 1.70. The van der Waals surface area contributed by atoms with Gasteiger partial charge in [0.1, 0.15) is 5.76 Å². The van der Waals surface area contributed by atoms with Crippen LogP contribution in [0.5, 0.6) is 0 Å². The number of hydrogen-bond donors (Lipinski definition) is 1. The van der Waals surface area contributed by atoms with Crippen LogP contribution in [0.3, 0.4) is 0 Å². The number of ketones is 2. The van der Waals surface area contributed by atoms with E-state index in [2.05, 4.69) is 0 Å². The minimum atomic E-state index is -0.162. The first-order chi connectivity index (χ1) is 6.49. The van der Waals surface area contributed by atoms with E-state index < -0.39 is 0 Å². The normalized spacial score (nSPS) is 16.5. The van der Waals surface area contributed by atoms with E-state index in [1.807, 2.05) is 6.92 Å². The summed E-state index contributed by atoms with van der Waals surface area (Å²) in [5.41, 5.74) is 1.57. The third-order valence-electron chi connectivity index (χ3n) is 2.49. The maximum Gasteiger partial charge on any atom is 0.159 e. The molecule has 0 saturated heterocycles. The van der Waals surface area contributed by atoms with Crippen molar-refractivity contribution in [2.24, 2.45) is 0 Å². The second kappa shape index (κ2) is 3.78. The van der Waals surface area contributed by atoms with Crippen molar-refractivity contribution in [2.45, 2.75) is 33.6 Å². The molecule has 0 fully saturated rings. The van der Waals surface area contributed by atoms with Gasteiger partial charge in [-0.2, -0.15) is 0 Å². The Bertz CT molecular complexity index is 359. The number of carbonyl (C=O) groups excluding carboxylic acids is 2. The van der Waals surface area contributed by atoms with E-state index in [-0.39, 0.29) is 17.3 Å². The molecule has 0 unspecified atom stereocenters. The van der Waals surface area contributed by atoms with Crippen molar-refractivity contribution in [1.82, 2.24) is 0 Å². The van der Waals surface area contributed by atoms with E-state index in [1.165, 1.54) is 13.8 Å². The van der Waals surface area contributed by atoms with Crippen LogP contribution in [0.4, 0.5) is 0 Å². The largest absolute Gasteiger partial charge is 0.507 e. The lowest BCUT2D eigenvalue weighted by atomic mass is 10.0. The molecule has 0 spiro atoms. The smallest absolute Gasteiger partial charge is 0.159 e. The van der Waals surface area contributed by atoms with Crippen LogP contribution in [-0.4, -0.2) is 16.7 Å². The Balaban J connectivity index is 3.14. The molecule has 0 aromatic heterocycles. The Morgan fingerprint density at radius 1 is 1.21 bits per heavy atom. The molecule has 0 bridgehead atoms. The van der Waals surface area contributed by atoms with Gasteiger partial charge in [-0.25, -0.2) is 0 Å². The van der Waals surface area contributed by atoms with Gasteiger partial charge in [-0.1, -0.05) is 6.92 Å². The predicted molar refractivity (Wildman–Crippen MR) is 53.0 cm³/mol. The van der Waals surface area contributed by atoms with Crippen LogP contribution in [0, 0.1) is 0 Å². The number of allylic oxidation sites excluding steroid dienone is 3. The van der Waals surface area contributed by atoms with Crippen molar-refractivity contribution in [2.75, 3.05) is 0 Å². The zero-order chi connectivity index (χ0) is 10.9. The van der Waals surface area contributed by atoms with E-state index in [1.54, 1.807) is 0 Å². The molecular formula is C11H14O3. The monoisotopic (exact) mass is 194 g/mol. The van der Waals surface area contributed by atoms with E-state index in [0.717, 1.165) is 0 Å². The summed E-state index contributed by atoms with van der Waals surface area (Å²) in [5, 5.41) is 9.69. The van der Waals surface area contributed by atoms with Crippen LogP contribution in [0.1, 0.15) is 33.6 Å². The highest BCUT2D eigenvalue weighted by atomic mass is 16.3. The summed E-state index contributed by atoms with van der Waals surface area (Å²) in [6, 6.07) is 0. The lowest BCUT2D eigenvalue weighted by Gasteiger charge is -2.01.